The number of rotatable bonds is 7. The van der Waals surface area contributed by atoms with Crippen molar-refractivity contribution in [2.24, 2.45) is 4.99 Å². The van der Waals surface area contributed by atoms with Crippen LogP contribution in [0, 0.1) is 13.8 Å². The van der Waals surface area contributed by atoms with Crippen LogP contribution in [0.15, 0.2) is 57.7 Å². The molecule has 1 aromatic carbocycles. The summed E-state index contributed by atoms with van der Waals surface area (Å²) in [7, 11) is -3.70. The molecule has 0 saturated carbocycles. The van der Waals surface area contributed by atoms with Gasteiger partial charge in [0.15, 0.2) is 6.61 Å². The average molecular weight is 486 g/mol. The van der Waals surface area contributed by atoms with Crippen LogP contribution in [0.25, 0.3) is 0 Å². The van der Waals surface area contributed by atoms with Crippen molar-refractivity contribution in [1.29, 1.82) is 0 Å². The smallest absolute Gasteiger partial charge is 0.331 e. The van der Waals surface area contributed by atoms with E-state index in [0.717, 1.165) is 11.4 Å². The predicted octanol–water partition coefficient (Wildman–Crippen LogP) is 3.07. The van der Waals surface area contributed by atoms with Crippen LogP contribution in [0.4, 0.5) is 0 Å². The summed E-state index contributed by atoms with van der Waals surface area (Å²) in [5, 5.41) is 2.01. The van der Waals surface area contributed by atoms with Crippen LogP contribution < -0.4 is 4.72 Å². The maximum atomic E-state index is 12.7. The van der Waals surface area contributed by atoms with Gasteiger partial charge in [0.1, 0.15) is 11.9 Å². The number of fused-ring (bicyclic) bond motifs is 1. The number of nitrogens with zero attached hydrogens (tertiary/aromatic N) is 2. The van der Waals surface area contributed by atoms with Gasteiger partial charge < -0.3 is 9.30 Å². The van der Waals surface area contributed by atoms with E-state index in [4.69, 9.17) is 4.74 Å². The van der Waals surface area contributed by atoms with Gasteiger partial charge >= 0.3 is 5.97 Å². The minimum atomic E-state index is -3.70. The molecule has 0 aliphatic carbocycles. The summed E-state index contributed by atoms with van der Waals surface area (Å²) in [6, 6.07) is 11.2. The fourth-order valence-corrected chi connectivity index (χ4v) is 5.63. The Balaban J connectivity index is 1.42. The van der Waals surface area contributed by atoms with E-state index in [1.807, 2.05) is 31.4 Å². The first-order chi connectivity index (χ1) is 15.7. The number of ketones is 1. The lowest BCUT2D eigenvalue weighted by molar-refractivity contribution is -0.143. The van der Waals surface area contributed by atoms with E-state index in [9.17, 15) is 18.0 Å². The topological polar surface area (TPSA) is 107 Å². The molecule has 3 aromatic rings. The standard InChI is InChI=1S/C23H23N3O5S2/c1-14-11-19(16(3)26(14)12-17-7-6-10-32-17)20(27)13-31-23(28)15(2)24-22-18-8-4-5-9-21(18)33(29,30)25-22/h4-11,15H,12-13H2,1-3H3,(H,24,25)/t15-/m1/s1. The lowest BCUT2D eigenvalue weighted by Crippen LogP contribution is -2.27. The Kier molecular flexibility index (Phi) is 6.22. The van der Waals surface area contributed by atoms with Gasteiger partial charge in [-0.05, 0) is 50.4 Å². The van der Waals surface area contributed by atoms with Crippen LogP contribution in [0.1, 0.15) is 39.1 Å². The zero-order chi connectivity index (χ0) is 23.8. The van der Waals surface area contributed by atoms with Crippen LogP contribution >= 0.6 is 11.3 Å². The number of aromatic nitrogens is 1. The number of ether oxygens (including phenoxy) is 1. The van der Waals surface area contributed by atoms with Crippen molar-refractivity contribution >= 4 is 38.9 Å². The van der Waals surface area contributed by atoms with E-state index >= 15 is 0 Å². The molecule has 0 radical (unpaired) electrons. The number of Topliss-reactive ketones (excluding diaryl/α,β-unsaturated/α-hetero) is 1. The van der Waals surface area contributed by atoms with Crippen LogP contribution in [-0.4, -0.2) is 43.2 Å². The number of amidine groups is 1. The second-order valence-electron chi connectivity index (χ2n) is 7.74. The molecule has 1 aliphatic heterocycles. The molecule has 0 amide bonds. The number of benzene rings is 1. The summed E-state index contributed by atoms with van der Waals surface area (Å²) in [5.74, 6) is -0.939. The second kappa shape index (κ2) is 8.95. The van der Waals surface area contributed by atoms with E-state index < -0.39 is 28.6 Å². The van der Waals surface area contributed by atoms with Gasteiger partial charge in [0, 0.05) is 27.4 Å². The van der Waals surface area contributed by atoms with Gasteiger partial charge in [-0.3, -0.25) is 14.5 Å². The minimum absolute atomic E-state index is 0.0819. The molecule has 2 aromatic heterocycles. The van der Waals surface area contributed by atoms with Gasteiger partial charge in [-0.25, -0.2) is 13.2 Å². The number of nitrogens with one attached hydrogen (secondary N) is 1. The third kappa shape index (κ3) is 4.62. The number of esters is 1. The van der Waals surface area contributed by atoms with Crippen molar-refractivity contribution in [3.05, 3.63) is 75.2 Å². The third-order valence-electron chi connectivity index (χ3n) is 5.44. The van der Waals surface area contributed by atoms with Gasteiger partial charge in [0.25, 0.3) is 10.0 Å². The number of thiophene rings is 1. The van der Waals surface area contributed by atoms with Gasteiger partial charge in [-0.1, -0.05) is 18.2 Å². The third-order valence-corrected chi connectivity index (χ3v) is 7.70. The normalized spacial score (nSPS) is 16.3. The van der Waals surface area contributed by atoms with Gasteiger partial charge in [0.2, 0.25) is 5.78 Å². The Bertz CT molecular complexity index is 1350. The average Bonchev–Trinajstić information content (AvgIpc) is 3.46. The zero-order valence-electron chi connectivity index (χ0n) is 18.4. The first-order valence-corrected chi connectivity index (χ1v) is 12.6. The summed E-state index contributed by atoms with van der Waals surface area (Å²) in [6.45, 7) is 5.55. The highest BCUT2D eigenvalue weighted by Crippen LogP contribution is 2.23. The van der Waals surface area contributed by atoms with Crippen molar-refractivity contribution in [3.63, 3.8) is 0 Å². The molecule has 1 N–H and O–H groups in total. The number of aliphatic imine (C=N–C) groups is 1. The molecule has 1 atom stereocenters. The Hall–Kier alpha value is -3.24. The molecule has 172 valence electrons. The lowest BCUT2D eigenvalue weighted by atomic mass is 10.1. The second-order valence-corrected chi connectivity index (χ2v) is 10.4. The molecule has 4 rings (SSSR count). The molecule has 1 aliphatic rings. The van der Waals surface area contributed by atoms with Crippen LogP contribution in [-0.2, 0) is 26.1 Å². The highest BCUT2D eigenvalue weighted by atomic mass is 32.2. The Labute approximate surface area is 196 Å². The number of hydrogen-bond acceptors (Lipinski definition) is 7. The molecule has 0 saturated heterocycles. The van der Waals surface area contributed by atoms with E-state index in [1.54, 1.807) is 35.6 Å². The zero-order valence-corrected chi connectivity index (χ0v) is 20.0. The summed E-state index contributed by atoms with van der Waals surface area (Å²) in [5.41, 5.74) is 2.66. The Morgan fingerprint density at radius 2 is 1.94 bits per heavy atom. The van der Waals surface area contributed by atoms with E-state index in [0.29, 0.717) is 17.7 Å². The summed E-state index contributed by atoms with van der Waals surface area (Å²) < 4.78 is 34.0. The molecule has 3 heterocycles. The van der Waals surface area contributed by atoms with E-state index in [-0.39, 0.29) is 16.5 Å². The molecule has 10 heteroatoms. The quantitative estimate of drug-likeness (QED) is 0.409. The summed E-state index contributed by atoms with van der Waals surface area (Å²) in [4.78, 5) is 30.7. The molecule has 0 fully saturated rings. The molecule has 0 bridgehead atoms. The van der Waals surface area contributed by atoms with Crippen LogP contribution in [0.2, 0.25) is 0 Å². The van der Waals surface area contributed by atoms with Gasteiger partial charge in [0.05, 0.1) is 11.4 Å². The predicted molar refractivity (Wildman–Crippen MR) is 125 cm³/mol. The number of aryl methyl sites for hydroxylation is 1. The monoisotopic (exact) mass is 485 g/mol. The van der Waals surface area contributed by atoms with Crippen molar-refractivity contribution in [2.75, 3.05) is 6.61 Å². The number of hydrogen-bond donors (Lipinski definition) is 1. The minimum Gasteiger partial charge on any atom is -0.456 e. The first kappa shape index (κ1) is 22.9. The summed E-state index contributed by atoms with van der Waals surface area (Å²) >= 11 is 1.65. The molecular formula is C23H23N3O5S2. The van der Waals surface area contributed by atoms with Gasteiger partial charge in [-0.2, -0.15) is 0 Å². The van der Waals surface area contributed by atoms with Gasteiger partial charge in [-0.15, -0.1) is 11.3 Å². The molecule has 0 spiro atoms. The fraction of sp³-hybridized carbons (Fsp3) is 0.261. The maximum absolute atomic E-state index is 12.7. The fourth-order valence-electron chi connectivity index (χ4n) is 3.70. The molecule has 8 nitrogen and oxygen atoms in total. The van der Waals surface area contributed by atoms with Crippen molar-refractivity contribution in [1.82, 2.24) is 9.29 Å². The maximum Gasteiger partial charge on any atom is 0.331 e. The number of sulfonamides is 1. The molecular weight excluding hydrogens is 462 g/mol. The van der Waals surface area contributed by atoms with E-state index in [2.05, 4.69) is 14.3 Å². The molecule has 33 heavy (non-hydrogen) atoms. The summed E-state index contributed by atoms with van der Waals surface area (Å²) in [6.07, 6.45) is 0. The largest absolute Gasteiger partial charge is 0.456 e. The molecule has 0 unspecified atom stereocenters. The number of carbonyl (C=O) groups excluding carboxylic acids is 2. The Morgan fingerprint density at radius 3 is 2.67 bits per heavy atom. The SMILES string of the molecule is Cc1cc(C(=O)COC(=O)[C@@H](C)N=C2NS(=O)(=O)c3ccccc32)c(C)n1Cc1cccs1. The van der Waals surface area contributed by atoms with Crippen LogP contribution in [0.3, 0.4) is 0 Å². The van der Waals surface area contributed by atoms with Crippen molar-refractivity contribution in [2.45, 2.75) is 38.3 Å². The highest BCUT2D eigenvalue weighted by molar-refractivity contribution is 7.90. The van der Waals surface area contributed by atoms with Crippen LogP contribution in [0.5, 0.6) is 0 Å². The first-order valence-electron chi connectivity index (χ1n) is 10.3. The van der Waals surface area contributed by atoms with Crippen molar-refractivity contribution < 1.29 is 22.7 Å². The number of carbonyl (C=O) groups is 2. The Morgan fingerprint density at radius 1 is 1.18 bits per heavy atom. The highest BCUT2D eigenvalue weighted by Gasteiger charge is 2.31. The van der Waals surface area contributed by atoms with E-state index in [1.165, 1.54) is 17.9 Å². The lowest BCUT2D eigenvalue weighted by Gasteiger charge is -2.10. The van der Waals surface area contributed by atoms with Crippen molar-refractivity contribution in [3.8, 4) is 0 Å².